The minimum atomic E-state index is -0.791. The Kier molecular flexibility index (Phi) is 9.11. The van der Waals surface area contributed by atoms with Crippen molar-refractivity contribution in [1.29, 1.82) is 0 Å². The number of halogens is 1. The van der Waals surface area contributed by atoms with Gasteiger partial charge in [-0.2, -0.15) is 11.8 Å². The molecular weight excluding hydrogens is 542 g/mol. The highest BCUT2D eigenvalue weighted by atomic mass is 35.5. The van der Waals surface area contributed by atoms with Crippen LogP contribution in [0.4, 0.5) is 0 Å². The number of aliphatic hydroxyl groups excluding tert-OH is 2. The van der Waals surface area contributed by atoms with Crippen LogP contribution in [0.2, 0.25) is 5.02 Å². The van der Waals surface area contributed by atoms with Gasteiger partial charge >= 0.3 is 0 Å². The Labute approximate surface area is 235 Å². The number of benzene rings is 2. The zero-order valence-electron chi connectivity index (χ0n) is 21.5. The molecule has 1 fully saturated rings. The Balaban J connectivity index is 1.45. The molecule has 2 unspecified atom stereocenters. The standard InChI is InChI=1S/C28H32ClN3O6S/c29-20-3-1-18(2-4-20)11-30-28(36)24-14-32-13-22(17-39-16-21(34)15-33)38-25-10-19(9-23(26(25)32)27(24)35)12-31-5-7-37-8-6-31/h1-4,9-10,14,21-22,33-34H,5-8,11-13,15-17H2,(H,30,36). The molecule has 2 aromatic carbocycles. The number of rotatable bonds is 10. The highest BCUT2D eigenvalue weighted by Crippen LogP contribution is 2.32. The third kappa shape index (κ3) is 6.77. The fourth-order valence-electron chi connectivity index (χ4n) is 4.85. The number of aromatic nitrogens is 1. The number of carbonyl (C=O) groups excluding carboxylic acids is 1. The van der Waals surface area contributed by atoms with Crippen molar-refractivity contribution in [2.45, 2.75) is 31.8 Å². The van der Waals surface area contributed by atoms with E-state index < -0.39 is 12.0 Å². The highest BCUT2D eigenvalue weighted by Gasteiger charge is 2.26. The lowest BCUT2D eigenvalue weighted by molar-refractivity contribution is 0.0341. The van der Waals surface area contributed by atoms with E-state index in [1.807, 2.05) is 28.8 Å². The van der Waals surface area contributed by atoms with Gasteiger partial charge in [-0.1, -0.05) is 23.7 Å². The number of pyridine rings is 1. The average Bonchev–Trinajstić information content (AvgIpc) is 2.94. The number of aliphatic hydroxyl groups is 2. The Bertz CT molecular complexity index is 1380. The molecule has 1 amide bonds. The maximum Gasteiger partial charge on any atom is 0.257 e. The van der Waals surface area contributed by atoms with E-state index in [4.69, 9.17) is 26.2 Å². The first kappa shape index (κ1) is 27.9. The van der Waals surface area contributed by atoms with Crippen LogP contribution < -0.4 is 15.5 Å². The Hall–Kier alpha value is -2.60. The molecule has 39 heavy (non-hydrogen) atoms. The summed E-state index contributed by atoms with van der Waals surface area (Å²) in [5.41, 5.74) is 2.24. The molecule has 3 N–H and O–H groups in total. The molecule has 2 atom stereocenters. The van der Waals surface area contributed by atoms with Crippen LogP contribution in [0.25, 0.3) is 10.9 Å². The number of nitrogens with zero attached hydrogens (tertiary/aromatic N) is 2. The Morgan fingerprint density at radius 1 is 1.18 bits per heavy atom. The van der Waals surface area contributed by atoms with Crippen molar-refractivity contribution >= 4 is 40.2 Å². The number of morpholine rings is 1. The van der Waals surface area contributed by atoms with Crippen molar-refractivity contribution in [1.82, 2.24) is 14.8 Å². The summed E-state index contributed by atoms with van der Waals surface area (Å²) in [7, 11) is 0. The summed E-state index contributed by atoms with van der Waals surface area (Å²) in [5.74, 6) is 1.14. The van der Waals surface area contributed by atoms with Gasteiger partial charge in [-0.3, -0.25) is 14.5 Å². The predicted octanol–water partition coefficient (Wildman–Crippen LogP) is 2.26. The van der Waals surface area contributed by atoms with Gasteiger partial charge in [0, 0.05) is 48.9 Å². The van der Waals surface area contributed by atoms with Crippen molar-refractivity contribution in [3.05, 3.63) is 74.5 Å². The molecular formula is C28H32ClN3O6S. The van der Waals surface area contributed by atoms with E-state index in [2.05, 4.69) is 10.2 Å². The lowest BCUT2D eigenvalue weighted by Crippen LogP contribution is -2.36. The van der Waals surface area contributed by atoms with Crippen molar-refractivity contribution < 1.29 is 24.5 Å². The number of hydrogen-bond acceptors (Lipinski definition) is 8. The fraction of sp³-hybridized carbons (Fsp3) is 0.429. The highest BCUT2D eigenvalue weighted by molar-refractivity contribution is 7.99. The molecule has 0 aliphatic carbocycles. The smallest absolute Gasteiger partial charge is 0.257 e. The number of ether oxygens (including phenoxy) is 2. The van der Waals surface area contributed by atoms with E-state index in [1.165, 1.54) is 11.8 Å². The molecule has 9 nitrogen and oxygen atoms in total. The zero-order valence-corrected chi connectivity index (χ0v) is 23.0. The summed E-state index contributed by atoms with van der Waals surface area (Å²) in [6.07, 6.45) is 0.597. The van der Waals surface area contributed by atoms with Crippen LogP contribution >= 0.6 is 23.4 Å². The first-order valence-corrected chi connectivity index (χ1v) is 14.5. The quantitative estimate of drug-likeness (QED) is 0.339. The lowest BCUT2D eigenvalue weighted by atomic mass is 10.0. The Morgan fingerprint density at radius 2 is 1.95 bits per heavy atom. The number of hydrogen-bond donors (Lipinski definition) is 3. The molecule has 2 aliphatic heterocycles. The molecule has 0 radical (unpaired) electrons. The van der Waals surface area contributed by atoms with E-state index in [0.717, 1.165) is 24.2 Å². The molecule has 1 saturated heterocycles. The molecule has 3 aromatic rings. The van der Waals surface area contributed by atoms with Crippen LogP contribution in [0.5, 0.6) is 5.75 Å². The van der Waals surface area contributed by atoms with Gasteiger partial charge in [0.05, 0.1) is 43.4 Å². The van der Waals surface area contributed by atoms with Crippen molar-refractivity contribution in [3.8, 4) is 5.75 Å². The minimum Gasteiger partial charge on any atom is -0.485 e. The van der Waals surface area contributed by atoms with Gasteiger partial charge in [-0.25, -0.2) is 0 Å². The summed E-state index contributed by atoms with van der Waals surface area (Å²) in [6.45, 7) is 4.01. The number of carbonyl (C=O) groups is 1. The first-order valence-electron chi connectivity index (χ1n) is 13.0. The second-order valence-electron chi connectivity index (χ2n) is 9.83. The fourth-order valence-corrected chi connectivity index (χ4v) is 5.93. The first-order chi connectivity index (χ1) is 18.9. The monoisotopic (exact) mass is 573 g/mol. The van der Waals surface area contributed by atoms with E-state index in [9.17, 15) is 14.7 Å². The van der Waals surface area contributed by atoms with Crippen molar-refractivity contribution in [2.24, 2.45) is 0 Å². The van der Waals surface area contributed by atoms with E-state index in [-0.39, 0.29) is 30.2 Å². The minimum absolute atomic E-state index is 0.0786. The van der Waals surface area contributed by atoms with Crippen molar-refractivity contribution in [2.75, 3.05) is 44.4 Å². The zero-order chi connectivity index (χ0) is 27.4. The molecule has 0 saturated carbocycles. The van der Waals surface area contributed by atoms with Crippen molar-refractivity contribution in [3.63, 3.8) is 0 Å². The molecule has 2 aliphatic rings. The molecule has 1 aromatic heterocycles. The third-order valence-corrected chi connectivity index (χ3v) is 8.32. The Morgan fingerprint density at radius 3 is 2.69 bits per heavy atom. The van der Waals surface area contributed by atoms with Crippen LogP contribution in [0.15, 0.2) is 47.4 Å². The maximum atomic E-state index is 13.6. The number of amides is 1. The van der Waals surface area contributed by atoms with E-state index in [0.29, 0.717) is 59.5 Å². The second-order valence-corrected chi connectivity index (χ2v) is 11.3. The lowest BCUT2D eigenvalue weighted by Gasteiger charge is -2.30. The SMILES string of the molecule is O=C(NCc1ccc(Cl)cc1)c1cn2c3c(cc(CN4CCOCC4)cc3c1=O)OC(CSCC(O)CO)C2. The van der Waals surface area contributed by atoms with Gasteiger partial charge in [-0.15, -0.1) is 0 Å². The third-order valence-electron chi connectivity index (χ3n) is 6.84. The van der Waals surface area contributed by atoms with Crippen LogP contribution in [0.1, 0.15) is 21.5 Å². The summed E-state index contributed by atoms with van der Waals surface area (Å²) >= 11 is 7.45. The van der Waals surface area contributed by atoms with Gasteiger partial charge in [-0.05, 0) is 35.4 Å². The van der Waals surface area contributed by atoms with Gasteiger partial charge in [0.1, 0.15) is 17.4 Å². The second kappa shape index (κ2) is 12.7. The predicted molar refractivity (Wildman–Crippen MR) is 152 cm³/mol. The summed E-state index contributed by atoms with van der Waals surface area (Å²) in [4.78, 5) is 29.1. The molecule has 0 spiro atoms. The number of nitrogens with one attached hydrogen (secondary N) is 1. The summed E-state index contributed by atoms with van der Waals surface area (Å²) in [5, 5.41) is 22.8. The summed E-state index contributed by atoms with van der Waals surface area (Å²) in [6, 6.07) is 11.0. The van der Waals surface area contributed by atoms with Crippen LogP contribution in [-0.4, -0.2) is 82.2 Å². The van der Waals surface area contributed by atoms with E-state index in [1.54, 1.807) is 18.3 Å². The van der Waals surface area contributed by atoms with Crippen LogP contribution in [0.3, 0.4) is 0 Å². The van der Waals surface area contributed by atoms with Gasteiger partial charge < -0.3 is 29.6 Å². The molecule has 0 bridgehead atoms. The largest absolute Gasteiger partial charge is 0.485 e. The molecule has 208 valence electrons. The van der Waals surface area contributed by atoms with E-state index >= 15 is 0 Å². The van der Waals surface area contributed by atoms with Crippen LogP contribution in [0, 0.1) is 0 Å². The van der Waals surface area contributed by atoms with Gasteiger partial charge in [0.25, 0.3) is 5.91 Å². The topological polar surface area (TPSA) is 113 Å². The normalized spacial score (nSPS) is 18.1. The van der Waals surface area contributed by atoms with Crippen LogP contribution in [-0.2, 0) is 24.4 Å². The number of thioether (sulfide) groups is 1. The molecule has 3 heterocycles. The molecule has 11 heteroatoms. The molecule has 5 rings (SSSR count). The maximum absolute atomic E-state index is 13.6. The van der Waals surface area contributed by atoms with Gasteiger partial charge in [0.2, 0.25) is 5.43 Å². The summed E-state index contributed by atoms with van der Waals surface area (Å²) < 4.78 is 13.7. The average molecular weight is 574 g/mol. The van der Waals surface area contributed by atoms with Gasteiger partial charge in [0.15, 0.2) is 0 Å².